The quantitative estimate of drug-likeness (QED) is 0.871. The van der Waals surface area contributed by atoms with E-state index in [1.807, 2.05) is 6.92 Å². The van der Waals surface area contributed by atoms with Crippen LogP contribution in [0.3, 0.4) is 0 Å². The highest BCUT2D eigenvalue weighted by molar-refractivity contribution is 6.34. The Labute approximate surface area is 138 Å². The minimum Gasteiger partial charge on any atom is -0.393 e. The van der Waals surface area contributed by atoms with Crippen LogP contribution in [-0.2, 0) is 0 Å². The maximum absolute atomic E-state index is 12.8. The summed E-state index contributed by atoms with van der Waals surface area (Å²) in [5.41, 5.74) is 1.09. The summed E-state index contributed by atoms with van der Waals surface area (Å²) in [6.45, 7) is 3.16. The van der Waals surface area contributed by atoms with E-state index in [4.69, 9.17) is 11.6 Å². The van der Waals surface area contributed by atoms with Gasteiger partial charge in [0.25, 0.3) is 5.91 Å². The highest BCUT2D eigenvalue weighted by atomic mass is 35.5. The molecule has 0 aliphatic carbocycles. The fourth-order valence-corrected chi connectivity index (χ4v) is 3.09. The van der Waals surface area contributed by atoms with Crippen molar-refractivity contribution in [3.63, 3.8) is 0 Å². The fourth-order valence-electron chi connectivity index (χ4n) is 2.90. The zero-order valence-electron chi connectivity index (χ0n) is 12.7. The van der Waals surface area contributed by atoms with Crippen molar-refractivity contribution in [2.75, 3.05) is 13.1 Å². The molecule has 1 aliphatic heterocycles. The molecule has 2 unspecified atom stereocenters. The molecule has 2 atom stereocenters. The number of aromatic amines is 1. The van der Waals surface area contributed by atoms with Crippen LogP contribution in [0.4, 0.5) is 0 Å². The third-order valence-electron chi connectivity index (χ3n) is 4.03. The van der Waals surface area contributed by atoms with Crippen molar-refractivity contribution >= 4 is 17.5 Å². The van der Waals surface area contributed by atoms with Crippen molar-refractivity contribution in [3.8, 4) is 11.4 Å². The Hall–Kier alpha value is -1.99. The molecule has 1 aromatic carbocycles. The topological polar surface area (TPSA) is 95.0 Å². The molecule has 0 saturated carbocycles. The molecule has 1 amide bonds. The monoisotopic (exact) mass is 335 g/mol. The standard InChI is InChI=1S/C15H18ClN5O2/c1-9-6-11(22)4-5-21(8-9)15(23)12-7-10(2-3-13(12)16)14-17-19-20-18-14/h2-3,7,9,11,22H,4-6,8H2,1H3,(H,17,18,19,20). The number of H-pyrrole nitrogens is 1. The van der Waals surface area contributed by atoms with Crippen molar-refractivity contribution in [2.24, 2.45) is 5.92 Å². The number of aliphatic hydroxyl groups is 1. The number of hydrogen-bond acceptors (Lipinski definition) is 5. The summed E-state index contributed by atoms with van der Waals surface area (Å²) >= 11 is 6.22. The van der Waals surface area contributed by atoms with Gasteiger partial charge in [-0.1, -0.05) is 18.5 Å². The molecular formula is C15H18ClN5O2. The number of carbonyl (C=O) groups excluding carboxylic acids is 1. The summed E-state index contributed by atoms with van der Waals surface area (Å²) in [5.74, 6) is 0.521. The molecule has 122 valence electrons. The van der Waals surface area contributed by atoms with Crippen molar-refractivity contribution in [1.82, 2.24) is 25.5 Å². The van der Waals surface area contributed by atoms with Crippen LogP contribution < -0.4 is 0 Å². The Morgan fingerprint density at radius 2 is 2.30 bits per heavy atom. The van der Waals surface area contributed by atoms with Crippen LogP contribution >= 0.6 is 11.6 Å². The molecule has 23 heavy (non-hydrogen) atoms. The molecule has 0 spiro atoms. The SMILES string of the molecule is CC1CC(O)CCN(C(=O)c2cc(-c3nn[nH]n3)ccc2Cl)C1. The minimum absolute atomic E-state index is 0.138. The van der Waals surface area contributed by atoms with Crippen molar-refractivity contribution in [2.45, 2.75) is 25.9 Å². The van der Waals surface area contributed by atoms with Gasteiger partial charge in [-0.2, -0.15) is 5.21 Å². The first-order chi connectivity index (χ1) is 11.0. The predicted molar refractivity (Wildman–Crippen MR) is 84.9 cm³/mol. The van der Waals surface area contributed by atoms with E-state index in [-0.39, 0.29) is 17.9 Å². The number of carbonyl (C=O) groups is 1. The van der Waals surface area contributed by atoms with E-state index >= 15 is 0 Å². The van der Waals surface area contributed by atoms with Gasteiger partial charge in [0.2, 0.25) is 5.82 Å². The van der Waals surface area contributed by atoms with Gasteiger partial charge < -0.3 is 10.0 Å². The Kier molecular flexibility index (Phi) is 4.58. The summed E-state index contributed by atoms with van der Waals surface area (Å²) < 4.78 is 0. The van der Waals surface area contributed by atoms with Crippen LogP contribution in [0, 0.1) is 5.92 Å². The Balaban J connectivity index is 1.88. The summed E-state index contributed by atoms with van der Waals surface area (Å²) in [6.07, 6.45) is 0.933. The van der Waals surface area contributed by atoms with Gasteiger partial charge >= 0.3 is 0 Å². The minimum atomic E-state index is -0.357. The summed E-state index contributed by atoms with van der Waals surface area (Å²) in [6, 6.07) is 5.09. The van der Waals surface area contributed by atoms with E-state index in [1.165, 1.54) is 0 Å². The van der Waals surface area contributed by atoms with Gasteiger partial charge in [0.05, 0.1) is 16.7 Å². The number of likely N-dealkylation sites (tertiary alicyclic amines) is 1. The molecule has 3 rings (SSSR count). The lowest BCUT2D eigenvalue weighted by atomic mass is 10.0. The number of aromatic nitrogens is 4. The van der Waals surface area contributed by atoms with E-state index < -0.39 is 0 Å². The molecule has 8 heteroatoms. The molecule has 2 N–H and O–H groups in total. The molecular weight excluding hydrogens is 318 g/mol. The number of tetrazole rings is 1. The van der Waals surface area contributed by atoms with Crippen LogP contribution in [0.1, 0.15) is 30.1 Å². The van der Waals surface area contributed by atoms with Crippen molar-refractivity contribution in [3.05, 3.63) is 28.8 Å². The molecule has 1 saturated heterocycles. The normalized spacial score (nSPS) is 22.0. The fraction of sp³-hybridized carbons (Fsp3) is 0.467. The van der Waals surface area contributed by atoms with Crippen molar-refractivity contribution in [1.29, 1.82) is 0 Å². The number of nitrogens with zero attached hydrogens (tertiary/aromatic N) is 4. The lowest BCUT2D eigenvalue weighted by Gasteiger charge is -2.23. The summed E-state index contributed by atoms with van der Waals surface area (Å²) in [5, 5.41) is 24.0. The summed E-state index contributed by atoms with van der Waals surface area (Å²) in [7, 11) is 0. The summed E-state index contributed by atoms with van der Waals surface area (Å²) in [4.78, 5) is 14.6. The van der Waals surface area contributed by atoms with Crippen LogP contribution in [0.25, 0.3) is 11.4 Å². The van der Waals surface area contributed by atoms with Crippen LogP contribution in [0.15, 0.2) is 18.2 Å². The largest absolute Gasteiger partial charge is 0.393 e. The average molecular weight is 336 g/mol. The second-order valence-corrected chi connectivity index (χ2v) is 6.37. The molecule has 2 aromatic rings. The van der Waals surface area contributed by atoms with Gasteiger partial charge in [-0.15, -0.1) is 10.2 Å². The van der Waals surface area contributed by atoms with Crippen LogP contribution in [0.2, 0.25) is 5.02 Å². The zero-order valence-corrected chi connectivity index (χ0v) is 13.5. The Bertz CT molecular complexity index is 691. The van der Waals surface area contributed by atoms with Crippen LogP contribution in [0.5, 0.6) is 0 Å². The maximum atomic E-state index is 12.8. The third-order valence-corrected chi connectivity index (χ3v) is 4.36. The first kappa shape index (κ1) is 15.9. The highest BCUT2D eigenvalue weighted by Gasteiger charge is 2.26. The van der Waals surface area contributed by atoms with Gasteiger partial charge in [-0.25, -0.2) is 0 Å². The van der Waals surface area contributed by atoms with Gasteiger partial charge in [0.15, 0.2) is 0 Å². The van der Waals surface area contributed by atoms with Gasteiger partial charge in [-0.05, 0) is 42.2 Å². The molecule has 1 aliphatic rings. The molecule has 7 nitrogen and oxygen atoms in total. The van der Waals surface area contributed by atoms with Crippen LogP contribution in [-0.4, -0.2) is 55.7 Å². The Morgan fingerprint density at radius 3 is 3.04 bits per heavy atom. The van der Waals surface area contributed by atoms with Gasteiger partial charge in [-0.3, -0.25) is 4.79 Å². The number of rotatable bonds is 2. The lowest BCUT2D eigenvalue weighted by Crippen LogP contribution is -2.34. The van der Waals surface area contributed by atoms with Crippen molar-refractivity contribution < 1.29 is 9.90 Å². The molecule has 1 fully saturated rings. The average Bonchev–Trinajstić information content (AvgIpc) is 2.99. The molecule has 0 radical (unpaired) electrons. The third kappa shape index (κ3) is 3.51. The number of aliphatic hydroxyl groups excluding tert-OH is 1. The van der Waals surface area contributed by atoms with E-state index in [1.54, 1.807) is 23.1 Å². The lowest BCUT2D eigenvalue weighted by molar-refractivity contribution is 0.0742. The van der Waals surface area contributed by atoms with E-state index in [9.17, 15) is 9.90 Å². The smallest absolute Gasteiger partial charge is 0.255 e. The number of benzene rings is 1. The number of amides is 1. The first-order valence-corrected chi connectivity index (χ1v) is 7.93. The van der Waals surface area contributed by atoms with Gasteiger partial charge in [0, 0.05) is 18.7 Å². The maximum Gasteiger partial charge on any atom is 0.255 e. The molecule has 2 heterocycles. The molecule has 0 bridgehead atoms. The highest BCUT2D eigenvalue weighted by Crippen LogP contribution is 2.25. The number of nitrogens with one attached hydrogen (secondary N) is 1. The number of halogens is 1. The van der Waals surface area contributed by atoms with E-state index in [0.29, 0.717) is 47.9 Å². The van der Waals surface area contributed by atoms with E-state index in [2.05, 4.69) is 20.6 Å². The first-order valence-electron chi connectivity index (χ1n) is 7.55. The zero-order chi connectivity index (χ0) is 16.4. The Morgan fingerprint density at radius 1 is 1.48 bits per heavy atom. The van der Waals surface area contributed by atoms with E-state index in [0.717, 1.165) is 0 Å². The second-order valence-electron chi connectivity index (χ2n) is 5.96. The number of hydrogen-bond donors (Lipinski definition) is 2. The molecule has 1 aromatic heterocycles. The van der Waals surface area contributed by atoms with Gasteiger partial charge in [0.1, 0.15) is 0 Å². The second kappa shape index (κ2) is 6.64. The predicted octanol–water partition coefficient (Wildman–Crippen LogP) is 1.75.